The van der Waals surface area contributed by atoms with E-state index in [1.807, 2.05) is 0 Å². The van der Waals surface area contributed by atoms with Crippen molar-refractivity contribution in [2.75, 3.05) is 23.4 Å². The second-order valence-corrected chi connectivity index (χ2v) is 8.80. The molecule has 1 aliphatic rings. The largest absolute Gasteiger partial charge is 0.393 e. The van der Waals surface area contributed by atoms with Gasteiger partial charge in [0.15, 0.2) is 5.60 Å². The summed E-state index contributed by atoms with van der Waals surface area (Å²) >= 11 is 5.95. The smallest absolute Gasteiger partial charge is 0.284 e. The maximum atomic E-state index is 14.9. The number of aromatic nitrogens is 1. The highest BCUT2D eigenvalue weighted by atomic mass is 35.5. The van der Waals surface area contributed by atoms with Crippen molar-refractivity contribution in [2.24, 2.45) is 0 Å². The van der Waals surface area contributed by atoms with Crippen molar-refractivity contribution in [2.45, 2.75) is 24.4 Å². The first-order valence-electron chi connectivity index (χ1n) is 11.0. The van der Waals surface area contributed by atoms with Gasteiger partial charge < -0.3 is 20.4 Å². The molecule has 2 aromatic carbocycles. The van der Waals surface area contributed by atoms with Gasteiger partial charge in [-0.15, -0.1) is 0 Å². The third-order valence-electron chi connectivity index (χ3n) is 6.12. The lowest BCUT2D eigenvalue weighted by Gasteiger charge is -2.33. The minimum absolute atomic E-state index is 0.0194. The van der Waals surface area contributed by atoms with Crippen LogP contribution < -0.4 is 10.2 Å². The number of carbonyl (C=O) groups is 2. The Labute approximate surface area is 213 Å². The third kappa shape index (κ3) is 4.89. The van der Waals surface area contributed by atoms with E-state index in [1.54, 1.807) is 0 Å². The van der Waals surface area contributed by atoms with Crippen LogP contribution in [0.25, 0.3) is 0 Å². The van der Waals surface area contributed by atoms with Gasteiger partial charge in [0.05, 0.1) is 17.9 Å². The molecule has 0 saturated heterocycles. The quantitative estimate of drug-likeness (QED) is 0.406. The number of anilines is 2. The number of alkyl halides is 4. The van der Waals surface area contributed by atoms with Crippen molar-refractivity contribution in [3.63, 3.8) is 0 Å². The van der Waals surface area contributed by atoms with Crippen LogP contribution in [0.5, 0.6) is 0 Å². The van der Waals surface area contributed by atoms with E-state index in [2.05, 4.69) is 10.3 Å². The number of hydrogen-bond acceptors (Lipinski definition) is 5. The lowest BCUT2D eigenvalue weighted by molar-refractivity contribution is -0.205. The number of benzene rings is 2. The summed E-state index contributed by atoms with van der Waals surface area (Å²) in [7, 11) is 0. The zero-order valence-corrected chi connectivity index (χ0v) is 19.7. The molecule has 12 heteroatoms. The monoisotopic (exact) mass is 537 g/mol. The highest BCUT2D eigenvalue weighted by Gasteiger charge is 2.56. The van der Waals surface area contributed by atoms with E-state index in [1.165, 1.54) is 42.5 Å². The minimum Gasteiger partial charge on any atom is -0.393 e. The normalized spacial score (nSPS) is 18.8. The van der Waals surface area contributed by atoms with E-state index >= 15 is 0 Å². The first-order valence-corrected chi connectivity index (χ1v) is 11.3. The number of pyridine rings is 1. The average Bonchev–Trinajstić information content (AvgIpc) is 2.96. The summed E-state index contributed by atoms with van der Waals surface area (Å²) in [4.78, 5) is 30.7. The molecule has 0 fully saturated rings. The standard InChI is InChI=1S/C25H20ClF4N3O4/c26-15-6-7-19-18(11-15)24(37,13-34)25(29,30)9-10-33(19)23(36)14-5-8-20(31-12-14)32-22(35)17-4-2-1-3-16(17)21(27)28/h1-8,11-12,21,34,37H,9-10,13H2,(H,31,32,35)/t24-/m0/s1. The lowest BCUT2D eigenvalue weighted by Crippen LogP contribution is -2.48. The van der Waals surface area contributed by atoms with Crippen LogP contribution >= 0.6 is 11.6 Å². The predicted octanol–water partition coefficient (Wildman–Crippen LogP) is 4.79. The Morgan fingerprint density at radius 3 is 2.51 bits per heavy atom. The summed E-state index contributed by atoms with van der Waals surface area (Å²) < 4.78 is 56.1. The van der Waals surface area contributed by atoms with Gasteiger partial charge in [-0.1, -0.05) is 29.8 Å². The zero-order chi connectivity index (χ0) is 27.0. The van der Waals surface area contributed by atoms with E-state index in [0.29, 0.717) is 0 Å². The third-order valence-corrected chi connectivity index (χ3v) is 6.35. The lowest BCUT2D eigenvalue weighted by atomic mass is 9.86. The number of aliphatic hydroxyl groups is 2. The Balaban J connectivity index is 1.61. The van der Waals surface area contributed by atoms with Crippen molar-refractivity contribution in [3.05, 3.63) is 88.1 Å². The van der Waals surface area contributed by atoms with Gasteiger partial charge in [-0.2, -0.15) is 0 Å². The van der Waals surface area contributed by atoms with Gasteiger partial charge in [0.2, 0.25) is 0 Å². The number of nitrogens with zero attached hydrogens (tertiary/aromatic N) is 2. The Hall–Kier alpha value is -3.54. The van der Waals surface area contributed by atoms with Crippen molar-refractivity contribution >= 4 is 34.9 Å². The summed E-state index contributed by atoms with van der Waals surface area (Å²) in [5.41, 5.74) is -4.17. The van der Waals surface area contributed by atoms with Crippen molar-refractivity contribution in [1.82, 2.24) is 4.98 Å². The summed E-state index contributed by atoms with van der Waals surface area (Å²) in [6, 6.07) is 11.4. The minimum atomic E-state index is -3.78. The molecule has 0 radical (unpaired) electrons. The summed E-state index contributed by atoms with van der Waals surface area (Å²) in [5.74, 6) is -5.38. The molecule has 3 N–H and O–H groups in total. The van der Waals surface area contributed by atoms with Crippen LogP contribution in [0.15, 0.2) is 60.8 Å². The zero-order valence-electron chi connectivity index (χ0n) is 19.0. The molecule has 0 saturated carbocycles. The molecule has 7 nitrogen and oxygen atoms in total. The van der Waals surface area contributed by atoms with Crippen molar-refractivity contribution in [3.8, 4) is 0 Å². The van der Waals surface area contributed by atoms with Crippen LogP contribution in [0, 0.1) is 0 Å². The van der Waals surface area contributed by atoms with E-state index < -0.39 is 60.5 Å². The van der Waals surface area contributed by atoms with Gasteiger partial charge in [0, 0.05) is 40.9 Å². The number of hydrogen-bond donors (Lipinski definition) is 3. The average molecular weight is 538 g/mol. The van der Waals surface area contributed by atoms with Gasteiger partial charge in [0.25, 0.3) is 24.2 Å². The number of carbonyl (C=O) groups excluding carboxylic acids is 2. The SMILES string of the molecule is O=C(Nc1ccc(C(=O)N2CCC(F)(F)[C@](O)(CO)c3cc(Cl)ccc32)cn1)c1ccccc1C(F)F. The molecule has 0 unspecified atom stereocenters. The number of rotatable bonds is 5. The summed E-state index contributed by atoms with van der Waals surface area (Å²) in [6.45, 7) is -1.80. The molecule has 1 aromatic heterocycles. The van der Waals surface area contributed by atoms with Crippen LogP contribution in [0.1, 0.15) is 44.7 Å². The molecule has 37 heavy (non-hydrogen) atoms. The van der Waals surface area contributed by atoms with Gasteiger partial charge >= 0.3 is 0 Å². The Morgan fingerprint density at radius 2 is 1.86 bits per heavy atom. The van der Waals surface area contributed by atoms with Gasteiger partial charge in [0.1, 0.15) is 5.82 Å². The first kappa shape index (κ1) is 26.5. The molecule has 1 aliphatic heterocycles. The molecule has 2 amide bonds. The fourth-order valence-electron chi connectivity index (χ4n) is 4.09. The van der Waals surface area contributed by atoms with E-state index in [9.17, 15) is 37.4 Å². The maximum Gasteiger partial charge on any atom is 0.284 e. The van der Waals surface area contributed by atoms with E-state index in [0.717, 1.165) is 23.2 Å². The van der Waals surface area contributed by atoms with Gasteiger partial charge in [-0.3, -0.25) is 9.59 Å². The Morgan fingerprint density at radius 1 is 1.14 bits per heavy atom. The molecule has 1 atom stereocenters. The Kier molecular flexibility index (Phi) is 7.22. The Bertz CT molecular complexity index is 1340. The second kappa shape index (κ2) is 10.1. The van der Waals surface area contributed by atoms with Crippen molar-refractivity contribution < 1.29 is 37.4 Å². The number of amides is 2. The molecule has 4 rings (SSSR count). The maximum absolute atomic E-state index is 14.9. The van der Waals surface area contributed by atoms with Crippen LogP contribution in [-0.2, 0) is 5.60 Å². The number of fused-ring (bicyclic) bond motifs is 1. The van der Waals surface area contributed by atoms with Crippen LogP contribution in [0.4, 0.5) is 29.1 Å². The first-order chi connectivity index (χ1) is 17.5. The summed E-state index contributed by atoms with van der Waals surface area (Å²) in [5, 5.41) is 22.8. The number of aliphatic hydroxyl groups excluding tert-OH is 1. The number of halogens is 5. The molecular formula is C25H20ClF4N3O4. The van der Waals surface area contributed by atoms with Crippen LogP contribution in [0.2, 0.25) is 5.02 Å². The molecule has 0 bridgehead atoms. The van der Waals surface area contributed by atoms with Crippen molar-refractivity contribution in [1.29, 1.82) is 0 Å². The fourth-order valence-corrected chi connectivity index (χ4v) is 4.26. The fraction of sp³-hybridized carbons (Fsp3) is 0.240. The number of nitrogens with one attached hydrogen (secondary N) is 1. The molecule has 3 aromatic rings. The van der Waals surface area contributed by atoms with Gasteiger partial charge in [-0.05, 0) is 36.4 Å². The predicted molar refractivity (Wildman–Crippen MR) is 127 cm³/mol. The van der Waals surface area contributed by atoms with Gasteiger partial charge in [-0.25, -0.2) is 22.5 Å². The molecule has 2 heterocycles. The highest BCUT2D eigenvalue weighted by Crippen LogP contribution is 2.47. The summed E-state index contributed by atoms with van der Waals surface area (Å²) in [6.07, 6.45) is -2.72. The van der Waals surface area contributed by atoms with E-state index in [4.69, 9.17) is 11.6 Å². The van der Waals surface area contributed by atoms with Crippen LogP contribution in [0.3, 0.4) is 0 Å². The topological polar surface area (TPSA) is 103 Å². The molecule has 0 spiro atoms. The molecule has 194 valence electrons. The second-order valence-electron chi connectivity index (χ2n) is 8.37. The van der Waals surface area contributed by atoms with Crippen LogP contribution in [-0.4, -0.2) is 46.1 Å². The molecular weight excluding hydrogens is 518 g/mol. The van der Waals surface area contributed by atoms with E-state index in [-0.39, 0.29) is 27.7 Å². The molecule has 0 aliphatic carbocycles. The highest BCUT2D eigenvalue weighted by molar-refractivity contribution is 6.30.